The molecule has 1 aliphatic carbocycles. The van der Waals surface area contributed by atoms with Gasteiger partial charge in [-0.15, -0.1) is 0 Å². The van der Waals surface area contributed by atoms with E-state index in [0.717, 1.165) is 12.8 Å². The zero-order valence-electron chi connectivity index (χ0n) is 17.7. The lowest BCUT2D eigenvalue weighted by molar-refractivity contribution is 0.942. The van der Waals surface area contributed by atoms with Crippen molar-refractivity contribution >= 4 is 6.08 Å². The van der Waals surface area contributed by atoms with Crippen LogP contribution >= 0.6 is 0 Å². The van der Waals surface area contributed by atoms with Gasteiger partial charge in [-0.25, -0.2) is 0 Å². The van der Waals surface area contributed by atoms with Gasteiger partial charge in [-0.05, 0) is 94.0 Å². The molecule has 0 atom stereocenters. The molecule has 0 N–H and O–H groups in total. The maximum absolute atomic E-state index is 4.06. The molecule has 0 aromatic heterocycles. The largest absolute Gasteiger partial charge is 0.0984 e. The number of rotatable bonds is 3. The van der Waals surface area contributed by atoms with Crippen molar-refractivity contribution in [2.45, 2.75) is 26.7 Å². The smallest absolute Gasteiger partial charge is 0.0100 e. The van der Waals surface area contributed by atoms with Crippen LogP contribution in [0, 0.1) is 13.8 Å². The molecular formula is C30H26. The summed E-state index contributed by atoms with van der Waals surface area (Å²) in [4.78, 5) is 0. The van der Waals surface area contributed by atoms with E-state index in [1.54, 1.807) is 0 Å². The van der Waals surface area contributed by atoms with E-state index in [2.05, 4.69) is 99.3 Å². The van der Waals surface area contributed by atoms with Gasteiger partial charge >= 0.3 is 0 Å². The summed E-state index contributed by atoms with van der Waals surface area (Å²) >= 11 is 0. The molecule has 4 aromatic rings. The standard InChI is InChI=1S/C30H26/c1-4-22-12-14-25(19-29(22)30-20(2)8-7-9-21(30)3)24-16-17-28-26(18-24)15-13-23-10-5-6-11-27(23)28/h4-12,14,16-19H,1,13,15H2,2-3H3. The molecule has 0 nitrogen and oxygen atoms in total. The second-order valence-corrected chi connectivity index (χ2v) is 8.30. The first-order chi connectivity index (χ1) is 14.7. The van der Waals surface area contributed by atoms with Crippen LogP contribution in [0.25, 0.3) is 39.5 Å². The summed E-state index contributed by atoms with van der Waals surface area (Å²) in [6, 6.07) is 29.1. The zero-order valence-corrected chi connectivity index (χ0v) is 17.7. The normalized spacial score (nSPS) is 12.2. The van der Waals surface area contributed by atoms with Crippen LogP contribution in [0.4, 0.5) is 0 Å². The lowest BCUT2D eigenvalue weighted by Gasteiger charge is -2.21. The number of benzene rings is 4. The van der Waals surface area contributed by atoms with Gasteiger partial charge in [0.25, 0.3) is 0 Å². The second kappa shape index (κ2) is 7.46. The van der Waals surface area contributed by atoms with Crippen molar-refractivity contribution in [1.29, 1.82) is 0 Å². The molecule has 0 bridgehead atoms. The van der Waals surface area contributed by atoms with Gasteiger partial charge in [-0.1, -0.05) is 85.5 Å². The Morgan fingerprint density at radius 2 is 1.30 bits per heavy atom. The van der Waals surface area contributed by atoms with Crippen molar-refractivity contribution in [2.24, 2.45) is 0 Å². The summed E-state index contributed by atoms with van der Waals surface area (Å²) < 4.78 is 0. The molecule has 0 fully saturated rings. The van der Waals surface area contributed by atoms with Gasteiger partial charge in [0.15, 0.2) is 0 Å². The number of hydrogen-bond donors (Lipinski definition) is 0. The highest BCUT2D eigenvalue weighted by Crippen LogP contribution is 2.38. The molecule has 0 unspecified atom stereocenters. The quantitative estimate of drug-likeness (QED) is 0.334. The fraction of sp³-hybridized carbons (Fsp3) is 0.133. The molecule has 30 heavy (non-hydrogen) atoms. The van der Waals surface area contributed by atoms with Crippen LogP contribution in [-0.2, 0) is 12.8 Å². The van der Waals surface area contributed by atoms with Crippen LogP contribution in [-0.4, -0.2) is 0 Å². The summed E-state index contributed by atoms with van der Waals surface area (Å²) in [6.45, 7) is 8.44. The highest BCUT2D eigenvalue weighted by atomic mass is 14.2. The van der Waals surface area contributed by atoms with Crippen LogP contribution in [0.15, 0.2) is 85.4 Å². The predicted molar refractivity (Wildman–Crippen MR) is 130 cm³/mol. The Bertz CT molecular complexity index is 1250. The fourth-order valence-corrected chi connectivity index (χ4v) is 4.88. The van der Waals surface area contributed by atoms with Gasteiger partial charge in [0.2, 0.25) is 0 Å². The SMILES string of the molecule is C=Cc1ccc(-c2ccc3c(c2)CCc2ccccc2-3)cc1-c1c(C)cccc1C. The van der Waals surface area contributed by atoms with Crippen molar-refractivity contribution in [2.75, 3.05) is 0 Å². The average molecular weight is 387 g/mol. The van der Waals surface area contributed by atoms with Gasteiger partial charge < -0.3 is 0 Å². The fourth-order valence-electron chi connectivity index (χ4n) is 4.88. The highest BCUT2D eigenvalue weighted by Gasteiger charge is 2.17. The van der Waals surface area contributed by atoms with Crippen LogP contribution < -0.4 is 0 Å². The molecule has 146 valence electrons. The Kier molecular flexibility index (Phi) is 4.64. The lowest BCUT2D eigenvalue weighted by Crippen LogP contribution is -2.03. The minimum atomic E-state index is 1.11. The van der Waals surface area contributed by atoms with E-state index in [4.69, 9.17) is 0 Å². The Morgan fingerprint density at radius 3 is 2.10 bits per heavy atom. The Morgan fingerprint density at radius 1 is 0.633 bits per heavy atom. The van der Waals surface area contributed by atoms with Gasteiger partial charge in [0.05, 0.1) is 0 Å². The first kappa shape index (κ1) is 18.6. The number of fused-ring (bicyclic) bond motifs is 3. The van der Waals surface area contributed by atoms with Gasteiger partial charge in [0.1, 0.15) is 0 Å². The van der Waals surface area contributed by atoms with Crippen molar-refractivity contribution in [1.82, 2.24) is 0 Å². The van der Waals surface area contributed by atoms with E-state index in [-0.39, 0.29) is 0 Å². The zero-order chi connectivity index (χ0) is 20.7. The van der Waals surface area contributed by atoms with Crippen molar-refractivity contribution in [3.05, 3.63) is 113 Å². The van der Waals surface area contributed by atoms with Gasteiger partial charge in [-0.2, -0.15) is 0 Å². The molecule has 4 aromatic carbocycles. The lowest BCUT2D eigenvalue weighted by atomic mass is 9.83. The summed E-state index contributed by atoms with van der Waals surface area (Å²) in [5.74, 6) is 0. The van der Waals surface area contributed by atoms with E-state index in [1.807, 2.05) is 6.08 Å². The van der Waals surface area contributed by atoms with E-state index >= 15 is 0 Å². The second-order valence-electron chi connectivity index (χ2n) is 8.30. The molecule has 1 aliphatic rings. The molecule has 0 spiro atoms. The van der Waals surface area contributed by atoms with Crippen LogP contribution in [0.1, 0.15) is 27.8 Å². The first-order valence-corrected chi connectivity index (χ1v) is 10.7. The molecule has 0 saturated heterocycles. The molecule has 0 saturated carbocycles. The van der Waals surface area contributed by atoms with Crippen LogP contribution in [0.5, 0.6) is 0 Å². The van der Waals surface area contributed by atoms with Gasteiger partial charge in [-0.3, -0.25) is 0 Å². The minimum absolute atomic E-state index is 1.11. The Labute approximate surface area is 179 Å². The average Bonchev–Trinajstić information content (AvgIpc) is 2.78. The van der Waals surface area contributed by atoms with Crippen molar-refractivity contribution in [3.63, 3.8) is 0 Å². The number of aryl methyl sites for hydroxylation is 4. The predicted octanol–water partition coefficient (Wildman–Crippen LogP) is 8.05. The van der Waals surface area contributed by atoms with E-state index in [1.165, 1.54) is 61.2 Å². The molecular weight excluding hydrogens is 360 g/mol. The number of hydrogen-bond acceptors (Lipinski definition) is 0. The van der Waals surface area contributed by atoms with E-state index in [0.29, 0.717) is 0 Å². The maximum Gasteiger partial charge on any atom is -0.0100 e. The van der Waals surface area contributed by atoms with Crippen LogP contribution in [0.3, 0.4) is 0 Å². The molecule has 0 aliphatic heterocycles. The molecule has 5 rings (SSSR count). The summed E-state index contributed by atoms with van der Waals surface area (Å²) in [7, 11) is 0. The third kappa shape index (κ3) is 3.09. The third-order valence-corrected chi connectivity index (χ3v) is 6.43. The molecule has 0 amide bonds. The van der Waals surface area contributed by atoms with E-state index in [9.17, 15) is 0 Å². The summed E-state index contributed by atoms with van der Waals surface area (Å²) in [6.07, 6.45) is 4.19. The van der Waals surface area contributed by atoms with Crippen molar-refractivity contribution in [3.8, 4) is 33.4 Å². The molecule has 0 radical (unpaired) electrons. The summed E-state index contributed by atoms with van der Waals surface area (Å²) in [5.41, 5.74) is 14.6. The maximum atomic E-state index is 4.06. The Hall–Kier alpha value is -3.38. The Balaban J connectivity index is 1.64. The monoisotopic (exact) mass is 386 g/mol. The minimum Gasteiger partial charge on any atom is -0.0984 e. The topological polar surface area (TPSA) is 0 Å². The van der Waals surface area contributed by atoms with Gasteiger partial charge in [0, 0.05) is 0 Å². The van der Waals surface area contributed by atoms with Crippen molar-refractivity contribution < 1.29 is 0 Å². The molecule has 0 heteroatoms. The van der Waals surface area contributed by atoms with E-state index < -0.39 is 0 Å². The highest BCUT2D eigenvalue weighted by molar-refractivity contribution is 5.84. The molecule has 0 heterocycles. The van der Waals surface area contributed by atoms with Crippen LogP contribution in [0.2, 0.25) is 0 Å². The summed E-state index contributed by atoms with van der Waals surface area (Å²) in [5, 5.41) is 0. The first-order valence-electron chi connectivity index (χ1n) is 10.7. The third-order valence-electron chi connectivity index (χ3n) is 6.43.